The molecule has 3 nitrogen and oxygen atoms in total. The number of rotatable bonds is 5. The zero-order valence-electron chi connectivity index (χ0n) is 11.8. The molecular formula is C14H28N2O. The summed E-state index contributed by atoms with van der Waals surface area (Å²) in [5.74, 6) is 1.24. The zero-order chi connectivity index (χ0) is 12.8. The van der Waals surface area contributed by atoms with Crippen LogP contribution in [0.15, 0.2) is 0 Å². The first kappa shape index (κ1) is 14.5. The highest BCUT2D eigenvalue weighted by molar-refractivity contribution is 5.82. The van der Waals surface area contributed by atoms with E-state index in [0.29, 0.717) is 11.8 Å². The van der Waals surface area contributed by atoms with E-state index >= 15 is 0 Å². The summed E-state index contributed by atoms with van der Waals surface area (Å²) in [5, 5.41) is 6.52. The normalized spacial score (nSPS) is 26.9. The van der Waals surface area contributed by atoms with Gasteiger partial charge >= 0.3 is 0 Å². The second-order valence-electron chi connectivity index (χ2n) is 5.43. The van der Waals surface area contributed by atoms with Gasteiger partial charge in [-0.15, -0.1) is 0 Å². The van der Waals surface area contributed by atoms with E-state index < -0.39 is 0 Å². The van der Waals surface area contributed by atoms with Gasteiger partial charge in [-0.1, -0.05) is 33.6 Å². The summed E-state index contributed by atoms with van der Waals surface area (Å²) in [7, 11) is 0. The van der Waals surface area contributed by atoms with Crippen molar-refractivity contribution in [1.29, 1.82) is 0 Å². The van der Waals surface area contributed by atoms with Crippen molar-refractivity contribution in [2.24, 2.45) is 11.8 Å². The lowest BCUT2D eigenvalue weighted by Crippen LogP contribution is -2.53. The molecule has 0 spiro atoms. The van der Waals surface area contributed by atoms with Gasteiger partial charge in [0.05, 0.1) is 6.04 Å². The first-order valence-corrected chi connectivity index (χ1v) is 7.13. The number of piperidine rings is 1. The van der Waals surface area contributed by atoms with Gasteiger partial charge in [0.1, 0.15) is 0 Å². The molecule has 0 aliphatic carbocycles. The summed E-state index contributed by atoms with van der Waals surface area (Å²) < 4.78 is 0. The highest BCUT2D eigenvalue weighted by atomic mass is 16.2. The molecule has 1 heterocycles. The molecule has 17 heavy (non-hydrogen) atoms. The van der Waals surface area contributed by atoms with E-state index in [1.54, 1.807) is 0 Å². The molecule has 0 radical (unpaired) electrons. The smallest absolute Gasteiger partial charge is 0.237 e. The van der Waals surface area contributed by atoms with Gasteiger partial charge in [0.2, 0.25) is 5.91 Å². The summed E-state index contributed by atoms with van der Waals surface area (Å²) in [6.45, 7) is 9.65. The van der Waals surface area contributed by atoms with Gasteiger partial charge in [-0.25, -0.2) is 0 Å². The number of carbonyl (C=O) groups excluding carboxylic acids is 1. The van der Waals surface area contributed by atoms with Gasteiger partial charge in [0.25, 0.3) is 0 Å². The SMILES string of the molecule is CCC(CC)C(C)NC(=O)C1NCCCC1C. The van der Waals surface area contributed by atoms with Crippen molar-refractivity contribution in [2.75, 3.05) is 6.54 Å². The topological polar surface area (TPSA) is 41.1 Å². The van der Waals surface area contributed by atoms with E-state index in [9.17, 15) is 4.79 Å². The van der Waals surface area contributed by atoms with Crippen molar-refractivity contribution in [1.82, 2.24) is 10.6 Å². The summed E-state index contributed by atoms with van der Waals surface area (Å²) in [6.07, 6.45) is 4.61. The van der Waals surface area contributed by atoms with Crippen LogP contribution >= 0.6 is 0 Å². The van der Waals surface area contributed by atoms with E-state index in [4.69, 9.17) is 0 Å². The van der Waals surface area contributed by atoms with Crippen molar-refractivity contribution in [2.45, 2.75) is 65.5 Å². The van der Waals surface area contributed by atoms with E-state index in [1.165, 1.54) is 6.42 Å². The Labute approximate surface area is 106 Å². The predicted molar refractivity (Wildman–Crippen MR) is 71.9 cm³/mol. The Balaban J connectivity index is 2.47. The van der Waals surface area contributed by atoms with Crippen LogP contribution in [-0.4, -0.2) is 24.5 Å². The molecule has 1 amide bonds. The lowest BCUT2D eigenvalue weighted by molar-refractivity contribution is -0.125. The van der Waals surface area contributed by atoms with Crippen molar-refractivity contribution in [3.63, 3.8) is 0 Å². The molecule has 0 bridgehead atoms. The number of hydrogen-bond donors (Lipinski definition) is 2. The fraction of sp³-hybridized carbons (Fsp3) is 0.929. The first-order chi connectivity index (χ1) is 8.10. The Morgan fingerprint density at radius 3 is 2.59 bits per heavy atom. The Morgan fingerprint density at radius 2 is 2.06 bits per heavy atom. The van der Waals surface area contributed by atoms with Crippen molar-refractivity contribution < 1.29 is 4.79 Å². The minimum absolute atomic E-state index is 0.0144. The van der Waals surface area contributed by atoms with Crippen LogP contribution in [0.5, 0.6) is 0 Å². The minimum Gasteiger partial charge on any atom is -0.352 e. The van der Waals surface area contributed by atoms with Crippen LogP contribution < -0.4 is 10.6 Å². The van der Waals surface area contributed by atoms with Crippen molar-refractivity contribution >= 4 is 5.91 Å². The lowest BCUT2D eigenvalue weighted by atomic mass is 9.90. The number of carbonyl (C=O) groups is 1. The standard InChI is InChI=1S/C14H28N2O/c1-5-12(6-2)11(4)16-14(17)13-10(3)8-7-9-15-13/h10-13,15H,5-9H2,1-4H3,(H,16,17). The van der Waals surface area contributed by atoms with E-state index in [1.807, 2.05) is 0 Å². The molecule has 1 fully saturated rings. The Kier molecular flexibility index (Phi) is 5.96. The van der Waals surface area contributed by atoms with E-state index in [2.05, 4.69) is 38.3 Å². The summed E-state index contributed by atoms with van der Waals surface area (Å²) in [6, 6.07) is 0.300. The molecule has 1 saturated heterocycles. The zero-order valence-corrected chi connectivity index (χ0v) is 11.8. The first-order valence-electron chi connectivity index (χ1n) is 7.13. The quantitative estimate of drug-likeness (QED) is 0.774. The third-order valence-electron chi connectivity index (χ3n) is 4.18. The molecule has 1 aliphatic heterocycles. The van der Waals surface area contributed by atoms with Gasteiger partial charge in [-0.3, -0.25) is 4.79 Å². The van der Waals surface area contributed by atoms with Gasteiger partial charge in [0.15, 0.2) is 0 Å². The highest BCUT2D eigenvalue weighted by Crippen LogP contribution is 2.17. The molecule has 1 aliphatic rings. The summed E-state index contributed by atoms with van der Waals surface area (Å²) >= 11 is 0. The molecule has 0 saturated carbocycles. The Bertz CT molecular complexity index is 238. The molecule has 0 aromatic heterocycles. The van der Waals surface area contributed by atoms with Crippen LogP contribution in [-0.2, 0) is 4.79 Å². The van der Waals surface area contributed by atoms with Gasteiger partial charge in [0, 0.05) is 6.04 Å². The van der Waals surface area contributed by atoms with Gasteiger partial charge < -0.3 is 10.6 Å². The molecular weight excluding hydrogens is 212 g/mol. The van der Waals surface area contributed by atoms with Crippen LogP contribution in [0.3, 0.4) is 0 Å². The van der Waals surface area contributed by atoms with Crippen LogP contribution in [0.4, 0.5) is 0 Å². The summed E-state index contributed by atoms with van der Waals surface area (Å²) in [4.78, 5) is 12.2. The van der Waals surface area contributed by atoms with E-state index in [-0.39, 0.29) is 18.0 Å². The van der Waals surface area contributed by atoms with Crippen LogP contribution in [0.1, 0.15) is 53.4 Å². The Morgan fingerprint density at radius 1 is 1.41 bits per heavy atom. The molecule has 3 atom stereocenters. The molecule has 3 heteroatoms. The second-order valence-corrected chi connectivity index (χ2v) is 5.43. The molecule has 2 N–H and O–H groups in total. The Hall–Kier alpha value is -0.570. The van der Waals surface area contributed by atoms with Crippen LogP contribution in [0, 0.1) is 11.8 Å². The molecule has 100 valence electrons. The van der Waals surface area contributed by atoms with Gasteiger partial charge in [-0.05, 0) is 38.1 Å². The fourth-order valence-electron chi connectivity index (χ4n) is 2.83. The number of hydrogen-bond acceptors (Lipinski definition) is 2. The average Bonchev–Trinajstić information content (AvgIpc) is 2.31. The summed E-state index contributed by atoms with van der Waals surface area (Å²) in [5.41, 5.74) is 0. The number of amides is 1. The molecule has 0 aromatic rings. The molecule has 1 rings (SSSR count). The second kappa shape index (κ2) is 7.00. The van der Waals surface area contributed by atoms with Crippen LogP contribution in [0.25, 0.3) is 0 Å². The largest absolute Gasteiger partial charge is 0.352 e. The maximum Gasteiger partial charge on any atom is 0.237 e. The van der Waals surface area contributed by atoms with Crippen LogP contribution in [0.2, 0.25) is 0 Å². The molecule has 0 aromatic carbocycles. The minimum atomic E-state index is 0.0144. The van der Waals surface area contributed by atoms with E-state index in [0.717, 1.165) is 25.8 Å². The average molecular weight is 240 g/mol. The van der Waals surface area contributed by atoms with Crippen molar-refractivity contribution in [3.05, 3.63) is 0 Å². The highest BCUT2D eigenvalue weighted by Gasteiger charge is 2.28. The number of nitrogens with one attached hydrogen (secondary N) is 2. The van der Waals surface area contributed by atoms with Crippen molar-refractivity contribution in [3.8, 4) is 0 Å². The lowest BCUT2D eigenvalue weighted by Gasteiger charge is -2.31. The predicted octanol–water partition coefficient (Wildman–Crippen LogP) is 2.32. The fourth-order valence-corrected chi connectivity index (χ4v) is 2.83. The monoisotopic (exact) mass is 240 g/mol. The maximum atomic E-state index is 12.2. The third-order valence-corrected chi connectivity index (χ3v) is 4.18. The maximum absolute atomic E-state index is 12.2. The van der Waals surface area contributed by atoms with Gasteiger partial charge in [-0.2, -0.15) is 0 Å². The molecule has 3 unspecified atom stereocenters. The third kappa shape index (κ3) is 3.98.